The van der Waals surface area contributed by atoms with Crippen LogP contribution < -0.4 is 5.32 Å². The molecule has 1 amide bonds. The molecule has 1 heterocycles. The minimum Gasteiger partial charge on any atom is -0.323 e. The number of carbonyl (C=O) groups is 1. The molecule has 0 bridgehead atoms. The smallest absolute Gasteiger partial charge is 0.247 e. The molecule has 0 aromatic heterocycles. The maximum atomic E-state index is 11.2. The van der Waals surface area contributed by atoms with Crippen molar-refractivity contribution >= 4 is 11.6 Å². The number of carbonyl (C=O) groups excluding carboxylic acids is 1. The van der Waals surface area contributed by atoms with Crippen LogP contribution in [0.2, 0.25) is 0 Å². The van der Waals surface area contributed by atoms with E-state index in [1.807, 2.05) is 18.2 Å². The average Bonchev–Trinajstić information content (AvgIpc) is 2.40. The van der Waals surface area contributed by atoms with Crippen LogP contribution in [0, 0.1) is 0 Å². The molecule has 0 saturated carbocycles. The number of nitrogens with one attached hydrogen (secondary N) is 1. The molecule has 0 aliphatic carbocycles. The molecule has 3 heteroatoms. The second-order valence-corrected chi connectivity index (χ2v) is 4.73. The first kappa shape index (κ1) is 12.8. The topological polar surface area (TPSA) is 32.3 Å². The highest BCUT2D eigenvalue weighted by molar-refractivity contribution is 5.98. The predicted octanol–water partition coefficient (Wildman–Crippen LogP) is 2.80. The fourth-order valence-electron chi connectivity index (χ4n) is 2.32. The van der Waals surface area contributed by atoms with E-state index in [-0.39, 0.29) is 5.91 Å². The van der Waals surface area contributed by atoms with E-state index in [0.29, 0.717) is 0 Å². The first-order chi connectivity index (χ1) is 8.78. The molecule has 0 unspecified atom stereocenters. The first-order valence-electron chi connectivity index (χ1n) is 6.52. The quantitative estimate of drug-likeness (QED) is 0.826. The van der Waals surface area contributed by atoms with Crippen LogP contribution in [0.1, 0.15) is 24.8 Å². The number of rotatable bonds is 4. The second-order valence-electron chi connectivity index (χ2n) is 4.73. The third-order valence-corrected chi connectivity index (χ3v) is 3.23. The van der Waals surface area contributed by atoms with E-state index < -0.39 is 0 Å². The molecular formula is C15H20N2O. The van der Waals surface area contributed by atoms with Crippen molar-refractivity contribution in [2.75, 3.05) is 18.4 Å². The van der Waals surface area contributed by atoms with Gasteiger partial charge in [-0.1, -0.05) is 25.1 Å². The summed E-state index contributed by atoms with van der Waals surface area (Å²) in [5, 5.41) is 2.79. The van der Waals surface area contributed by atoms with Crippen LogP contribution in [0.25, 0.3) is 0 Å². The predicted molar refractivity (Wildman–Crippen MR) is 74.4 cm³/mol. The Kier molecular flexibility index (Phi) is 4.53. The minimum atomic E-state index is -0.162. The van der Waals surface area contributed by atoms with Crippen LogP contribution in [0.3, 0.4) is 0 Å². The number of amides is 1. The molecular weight excluding hydrogens is 224 g/mol. The summed E-state index contributed by atoms with van der Waals surface area (Å²) < 4.78 is 0. The largest absolute Gasteiger partial charge is 0.323 e. The molecule has 1 aliphatic heterocycles. The van der Waals surface area contributed by atoms with E-state index in [9.17, 15) is 4.79 Å². The summed E-state index contributed by atoms with van der Waals surface area (Å²) in [4.78, 5) is 13.7. The van der Waals surface area contributed by atoms with Gasteiger partial charge in [0.15, 0.2) is 0 Å². The molecule has 1 fully saturated rings. The highest BCUT2D eigenvalue weighted by Crippen LogP contribution is 2.16. The van der Waals surface area contributed by atoms with Crippen LogP contribution in [-0.4, -0.2) is 23.9 Å². The van der Waals surface area contributed by atoms with E-state index in [1.165, 1.54) is 44.0 Å². The average molecular weight is 244 g/mol. The van der Waals surface area contributed by atoms with Crippen molar-refractivity contribution in [3.8, 4) is 0 Å². The SMILES string of the molecule is C=CC(=O)Nc1cccc(CN2CCCCC2)c1. The number of likely N-dealkylation sites (tertiary alicyclic amines) is 1. The zero-order valence-corrected chi connectivity index (χ0v) is 10.7. The first-order valence-corrected chi connectivity index (χ1v) is 6.52. The lowest BCUT2D eigenvalue weighted by Gasteiger charge is -2.26. The molecule has 0 radical (unpaired) electrons. The standard InChI is InChI=1S/C15H20N2O/c1-2-15(18)16-14-8-6-7-13(11-14)12-17-9-4-3-5-10-17/h2,6-8,11H,1,3-5,9-10,12H2,(H,16,18). The van der Waals surface area contributed by atoms with Crippen LogP contribution in [0.5, 0.6) is 0 Å². The van der Waals surface area contributed by atoms with Crippen molar-refractivity contribution in [1.82, 2.24) is 4.90 Å². The van der Waals surface area contributed by atoms with Gasteiger partial charge in [0.1, 0.15) is 0 Å². The molecule has 18 heavy (non-hydrogen) atoms. The minimum absolute atomic E-state index is 0.162. The third kappa shape index (κ3) is 3.70. The Balaban J connectivity index is 1.97. The van der Waals surface area contributed by atoms with Gasteiger partial charge in [-0.05, 0) is 49.7 Å². The summed E-state index contributed by atoms with van der Waals surface area (Å²) >= 11 is 0. The molecule has 1 saturated heterocycles. The van der Waals surface area contributed by atoms with Crippen molar-refractivity contribution in [2.24, 2.45) is 0 Å². The van der Waals surface area contributed by atoms with Gasteiger partial charge >= 0.3 is 0 Å². The number of anilines is 1. The zero-order chi connectivity index (χ0) is 12.8. The van der Waals surface area contributed by atoms with E-state index in [4.69, 9.17) is 0 Å². The highest BCUT2D eigenvalue weighted by atomic mass is 16.1. The van der Waals surface area contributed by atoms with Gasteiger partial charge in [0, 0.05) is 12.2 Å². The Bertz CT molecular complexity index is 422. The maximum absolute atomic E-state index is 11.2. The highest BCUT2D eigenvalue weighted by Gasteiger charge is 2.10. The summed E-state index contributed by atoms with van der Waals surface area (Å²) in [5.41, 5.74) is 2.09. The Morgan fingerprint density at radius 2 is 2.11 bits per heavy atom. The van der Waals surface area contributed by atoms with Gasteiger partial charge < -0.3 is 5.32 Å². The molecule has 1 aliphatic rings. The lowest BCUT2D eigenvalue weighted by atomic mass is 10.1. The Labute approximate surface area is 108 Å². The van der Waals surface area contributed by atoms with E-state index in [1.54, 1.807) is 0 Å². The van der Waals surface area contributed by atoms with E-state index in [0.717, 1.165) is 12.2 Å². The van der Waals surface area contributed by atoms with Crippen molar-refractivity contribution in [1.29, 1.82) is 0 Å². The molecule has 0 spiro atoms. The number of benzene rings is 1. The van der Waals surface area contributed by atoms with Gasteiger partial charge in [0.2, 0.25) is 5.91 Å². The van der Waals surface area contributed by atoms with Crippen molar-refractivity contribution in [3.05, 3.63) is 42.5 Å². The molecule has 96 valence electrons. The Hall–Kier alpha value is -1.61. The number of hydrogen-bond donors (Lipinski definition) is 1. The normalized spacial score (nSPS) is 16.2. The summed E-state index contributed by atoms with van der Waals surface area (Å²) in [7, 11) is 0. The van der Waals surface area contributed by atoms with Crippen molar-refractivity contribution in [2.45, 2.75) is 25.8 Å². The summed E-state index contributed by atoms with van der Waals surface area (Å²) in [6.45, 7) is 6.79. The van der Waals surface area contributed by atoms with Gasteiger partial charge in [-0.15, -0.1) is 0 Å². The van der Waals surface area contributed by atoms with Gasteiger partial charge in [-0.3, -0.25) is 9.69 Å². The summed E-state index contributed by atoms with van der Waals surface area (Å²) in [5.74, 6) is -0.162. The lowest BCUT2D eigenvalue weighted by Crippen LogP contribution is -2.29. The van der Waals surface area contributed by atoms with Crippen molar-refractivity contribution in [3.63, 3.8) is 0 Å². The molecule has 2 rings (SSSR count). The van der Waals surface area contributed by atoms with Gasteiger partial charge in [0.05, 0.1) is 0 Å². The Morgan fingerprint density at radius 3 is 2.83 bits per heavy atom. The third-order valence-electron chi connectivity index (χ3n) is 3.23. The van der Waals surface area contributed by atoms with Gasteiger partial charge in [-0.25, -0.2) is 0 Å². The number of piperidine rings is 1. The molecule has 1 aromatic carbocycles. The zero-order valence-electron chi connectivity index (χ0n) is 10.7. The van der Waals surface area contributed by atoms with Crippen LogP contribution >= 0.6 is 0 Å². The Morgan fingerprint density at radius 1 is 1.33 bits per heavy atom. The fourth-order valence-corrected chi connectivity index (χ4v) is 2.32. The van der Waals surface area contributed by atoms with Crippen LogP contribution in [-0.2, 0) is 11.3 Å². The van der Waals surface area contributed by atoms with E-state index >= 15 is 0 Å². The van der Waals surface area contributed by atoms with Gasteiger partial charge in [0.25, 0.3) is 0 Å². The molecule has 3 nitrogen and oxygen atoms in total. The van der Waals surface area contributed by atoms with Crippen LogP contribution in [0.4, 0.5) is 5.69 Å². The second kappa shape index (κ2) is 6.36. The molecule has 1 aromatic rings. The lowest BCUT2D eigenvalue weighted by molar-refractivity contribution is -0.111. The van der Waals surface area contributed by atoms with E-state index in [2.05, 4.69) is 22.9 Å². The monoisotopic (exact) mass is 244 g/mol. The fraction of sp³-hybridized carbons (Fsp3) is 0.400. The molecule has 0 atom stereocenters. The van der Waals surface area contributed by atoms with Gasteiger partial charge in [-0.2, -0.15) is 0 Å². The molecule has 1 N–H and O–H groups in total. The number of hydrogen-bond acceptors (Lipinski definition) is 2. The summed E-state index contributed by atoms with van der Waals surface area (Å²) in [6, 6.07) is 8.03. The maximum Gasteiger partial charge on any atom is 0.247 e. The van der Waals surface area contributed by atoms with Crippen molar-refractivity contribution < 1.29 is 4.79 Å². The number of nitrogens with zero attached hydrogens (tertiary/aromatic N) is 1. The summed E-state index contributed by atoms with van der Waals surface area (Å²) in [6.07, 6.45) is 5.24. The van der Waals surface area contributed by atoms with Crippen LogP contribution in [0.15, 0.2) is 36.9 Å².